The number of hydrogen-bond donors (Lipinski definition) is 2. The van der Waals surface area contributed by atoms with E-state index in [0.29, 0.717) is 6.54 Å². The van der Waals surface area contributed by atoms with Crippen molar-refractivity contribution in [1.29, 1.82) is 0 Å². The molecule has 0 aliphatic carbocycles. The van der Waals surface area contributed by atoms with Gasteiger partial charge in [0.25, 0.3) is 0 Å². The first-order valence-electron chi connectivity index (χ1n) is 7.13. The van der Waals surface area contributed by atoms with E-state index in [2.05, 4.69) is 21.7 Å². The van der Waals surface area contributed by atoms with Gasteiger partial charge in [0.2, 0.25) is 0 Å². The van der Waals surface area contributed by atoms with E-state index in [1.54, 1.807) is 21.3 Å². The van der Waals surface area contributed by atoms with Crippen LogP contribution in [0.5, 0.6) is 5.75 Å². The highest BCUT2D eigenvalue weighted by Gasteiger charge is 2.16. The summed E-state index contributed by atoms with van der Waals surface area (Å²) in [6.45, 7) is 5.57. The fourth-order valence-corrected chi connectivity index (χ4v) is 1.74. The minimum Gasteiger partial charge on any atom is -0.497 e. The third-order valence-electron chi connectivity index (χ3n) is 3.30. The second-order valence-electron chi connectivity index (χ2n) is 5.42. The molecule has 1 aromatic carbocycles. The minimum atomic E-state index is -0.218. The van der Waals surface area contributed by atoms with Crippen molar-refractivity contribution in [3.05, 3.63) is 29.8 Å². The van der Waals surface area contributed by atoms with Gasteiger partial charge >= 0.3 is 0 Å². The van der Waals surface area contributed by atoms with Crippen molar-refractivity contribution >= 4 is 5.96 Å². The van der Waals surface area contributed by atoms with Gasteiger partial charge in [0.15, 0.2) is 5.96 Å². The lowest BCUT2D eigenvalue weighted by molar-refractivity contribution is 0.0268. The van der Waals surface area contributed by atoms with Gasteiger partial charge in [-0.15, -0.1) is 0 Å². The number of hydrogen-bond acceptors (Lipinski definition) is 3. The van der Waals surface area contributed by atoms with E-state index in [9.17, 15) is 0 Å². The molecule has 0 unspecified atom stereocenters. The number of rotatable bonds is 7. The van der Waals surface area contributed by atoms with Crippen molar-refractivity contribution in [3.8, 4) is 5.75 Å². The van der Waals surface area contributed by atoms with Crippen LogP contribution in [0.25, 0.3) is 0 Å². The Labute approximate surface area is 127 Å². The van der Waals surface area contributed by atoms with E-state index in [1.165, 1.54) is 5.56 Å². The number of aliphatic imine (C=N–C) groups is 1. The molecule has 5 heteroatoms. The van der Waals surface area contributed by atoms with Crippen molar-refractivity contribution in [2.24, 2.45) is 4.99 Å². The number of nitrogens with one attached hydrogen (secondary N) is 2. The zero-order valence-electron chi connectivity index (χ0n) is 13.7. The van der Waals surface area contributed by atoms with Gasteiger partial charge in [-0.1, -0.05) is 12.1 Å². The number of ether oxygens (including phenoxy) is 2. The van der Waals surface area contributed by atoms with E-state index in [0.717, 1.165) is 24.7 Å². The molecule has 118 valence electrons. The molecule has 0 atom stereocenters. The maximum atomic E-state index is 5.37. The lowest BCUT2D eigenvalue weighted by Crippen LogP contribution is -2.45. The fraction of sp³-hybridized carbons (Fsp3) is 0.562. The molecule has 1 rings (SSSR count). The Morgan fingerprint density at radius 3 is 2.62 bits per heavy atom. The van der Waals surface area contributed by atoms with Crippen LogP contribution in [0.2, 0.25) is 0 Å². The Kier molecular flexibility index (Phi) is 7.02. The zero-order chi connectivity index (χ0) is 15.7. The monoisotopic (exact) mass is 293 g/mol. The van der Waals surface area contributed by atoms with Gasteiger partial charge in [-0.3, -0.25) is 4.99 Å². The number of methoxy groups -OCH3 is 2. The molecule has 0 saturated heterocycles. The molecule has 0 heterocycles. The molecule has 0 spiro atoms. The van der Waals surface area contributed by atoms with Crippen LogP contribution in [0.15, 0.2) is 29.3 Å². The Balaban J connectivity index is 2.38. The molecule has 0 aliphatic heterocycles. The van der Waals surface area contributed by atoms with Crippen molar-refractivity contribution in [2.45, 2.75) is 25.9 Å². The first-order chi connectivity index (χ1) is 10.0. The molecule has 0 amide bonds. The quantitative estimate of drug-likeness (QED) is 0.595. The van der Waals surface area contributed by atoms with E-state index < -0.39 is 0 Å². The predicted molar refractivity (Wildman–Crippen MR) is 87.2 cm³/mol. The van der Waals surface area contributed by atoms with Crippen LogP contribution >= 0.6 is 0 Å². The number of guanidine groups is 1. The van der Waals surface area contributed by atoms with E-state index >= 15 is 0 Å². The predicted octanol–water partition coefficient (Wildman–Crippen LogP) is 1.83. The summed E-state index contributed by atoms with van der Waals surface area (Å²) in [4.78, 5) is 4.20. The summed E-state index contributed by atoms with van der Waals surface area (Å²) in [7, 11) is 5.15. The van der Waals surface area contributed by atoms with E-state index in [1.807, 2.05) is 32.0 Å². The van der Waals surface area contributed by atoms with Crippen LogP contribution in [-0.4, -0.2) is 45.9 Å². The van der Waals surface area contributed by atoms with Gasteiger partial charge in [-0.2, -0.15) is 0 Å². The third-order valence-corrected chi connectivity index (χ3v) is 3.30. The largest absolute Gasteiger partial charge is 0.497 e. The van der Waals surface area contributed by atoms with Crippen molar-refractivity contribution in [1.82, 2.24) is 10.6 Å². The van der Waals surface area contributed by atoms with E-state index in [4.69, 9.17) is 9.47 Å². The lowest BCUT2D eigenvalue weighted by Gasteiger charge is -2.24. The molecular formula is C16H27N3O2. The summed E-state index contributed by atoms with van der Waals surface area (Å²) < 4.78 is 10.6. The lowest BCUT2D eigenvalue weighted by atomic mass is 10.1. The first kappa shape index (κ1) is 17.3. The van der Waals surface area contributed by atoms with Crippen LogP contribution in [0, 0.1) is 0 Å². The number of nitrogens with zero attached hydrogens (tertiary/aromatic N) is 1. The average molecular weight is 293 g/mol. The van der Waals surface area contributed by atoms with Gasteiger partial charge in [-0.25, -0.2) is 0 Å². The van der Waals surface area contributed by atoms with Crippen molar-refractivity contribution < 1.29 is 9.47 Å². The number of benzene rings is 1. The van der Waals surface area contributed by atoms with Crippen LogP contribution in [-0.2, 0) is 11.2 Å². The molecule has 0 aromatic heterocycles. The van der Waals surface area contributed by atoms with Gasteiger partial charge in [0.05, 0.1) is 12.7 Å². The molecule has 0 saturated carbocycles. The molecule has 0 aliphatic rings. The van der Waals surface area contributed by atoms with E-state index in [-0.39, 0.29) is 5.60 Å². The zero-order valence-corrected chi connectivity index (χ0v) is 13.7. The summed E-state index contributed by atoms with van der Waals surface area (Å²) in [6.07, 6.45) is 0.908. The Hall–Kier alpha value is -1.75. The Morgan fingerprint density at radius 1 is 1.24 bits per heavy atom. The van der Waals surface area contributed by atoms with Crippen LogP contribution < -0.4 is 15.4 Å². The summed E-state index contributed by atoms with van der Waals surface area (Å²) >= 11 is 0. The molecule has 21 heavy (non-hydrogen) atoms. The topological polar surface area (TPSA) is 54.9 Å². The summed E-state index contributed by atoms with van der Waals surface area (Å²) in [6, 6.07) is 8.09. The average Bonchev–Trinajstić information content (AvgIpc) is 2.51. The van der Waals surface area contributed by atoms with Gasteiger partial charge < -0.3 is 20.1 Å². The van der Waals surface area contributed by atoms with Gasteiger partial charge in [0, 0.05) is 27.2 Å². The molecule has 0 radical (unpaired) electrons. The third kappa shape index (κ3) is 6.49. The normalized spacial score (nSPS) is 12.1. The highest BCUT2D eigenvalue weighted by atomic mass is 16.5. The maximum absolute atomic E-state index is 5.37. The summed E-state index contributed by atoms with van der Waals surface area (Å²) in [5.41, 5.74) is 1.01. The molecule has 5 nitrogen and oxygen atoms in total. The maximum Gasteiger partial charge on any atom is 0.191 e. The van der Waals surface area contributed by atoms with Gasteiger partial charge in [-0.05, 0) is 38.0 Å². The standard InChI is InChI=1S/C16H27N3O2/c1-16(2,21-5)12-19-15(17-3)18-10-9-13-7-6-8-14(11-13)20-4/h6-8,11H,9-10,12H2,1-5H3,(H2,17,18,19). The Bertz CT molecular complexity index is 459. The minimum absolute atomic E-state index is 0.218. The van der Waals surface area contributed by atoms with Crippen LogP contribution in [0.1, 0.15) is 19.4 Å². The van der Waals surface area contributed by atoms with Crippen LogP contribution in [0.3, 0.4) is 0 Å². The Morgan fingerprint density at radius 2 is 2.00 bits per heavy atom. The van der Waals surface area contributed by atoms with Crippen molar-refractivity contribution in [3.63, 3.8) is 0 Å². The second-order valence-corrected chi connectivity index (χ2v) is 5.42. The summed E-state index contributed by atoms with van der Waals surface area (Å²) in [5.74, 6) is 1.67. The second kappa shape index (κ2) is 8.52. The first-order valence-corrected chi connectivity index (χ1v) is 7.13. The smallest absolute Gasteiger partial charge is 0.191 e. The van der Waals surface area contributed by atoms with Crippen LogP contribution in [0.4, 0.5) is 0 Å². The van der Waals surface area contributed by atoms with Gasteiger partial charge in [0.1, 0.15) is 5.75 Å². The molecule has 0 fully saturated rings. The summed E-state index contributed by atoms with van der Waals surface area (Å²) in [5, 5.41) is 6.55. The van der Waals surface area contributed by atoms with Crippen molar-refractivity contribution in [2.75, 3.05) is 34.4 Å². The highest BCUT2D eigenvalue weighted by Crippen LogP contribution is 2.12. The molecule has 0 bridgehead atoms. The molecule has 2 N–H and O–H groups in total. The molecule has 1 aromatic rings. The fourth-order valence-electron chi connectivity index (χ4n) is 1.74. The molecular weight excluding hydrogens is 266 g/mol. The SMILES string of the molecule is CN=C(NCCc1cccc(OC)c1)NCC(C)(C)OC. The highest BCUT2D eigenvalue weighted by molar-refractivity contribution is 5.79.